The molecule has 0 amide bonds. The quantitative estimate of drug-likeness (QED) is 0.801. The van der Waals surface area contributed by atoms with Crippen LogP contribution in [0.25, 0.3) is 0 Å². The number of methoxy groups -OCH3 is 1. The molecule has 1 aliphatic rings. The number of benzene rings is 1. The Bertz CT molecular complexity index is 354. The molecule has 0 aliphatic carbocycles. The number of rotatable bonds is 2. The number of nitrogens with one attached hydrogen (secondary N) is 1. The van der Waals surface area contributed by atoms with Crippen molar-refractivity contribution < 1.29 is 4.74 Å². The van der Waals surface area contributed by atoms with Gasteiger partial charge >= 0.3 is 0 Å². The van der Waals surface area contributed by atoms with Crippen molar-refractivity contribution in [1.82, 2.24) is 5.32 Å². The van der Waals surface area contributed by atoms with Crippen LogP contribution < -0.4 is 10.1 Å². The summed E-state index contributed by atoms with van der Waals surface area (Å²) in [5, 5.41) is 3.56. The lowest BCUT2D eigenvalue weighted by Crippen LogP contribution is -2.33. The van der Waals surface area contributed by atoms with Gasteiger partial charge in [-0.2, -0.15) is 0 Å². The molecular weight excluding hydrogens is 186 g/mol. The SMILES string of the molecule is COc1cc(C2(C)CCCN2)ccc1C. The van der Waals surface area contributed by atoms with E-state index in [1.54, 1.807) is 7.11 Å². The van der Waals surface area contributed by atoms with Gasteiger partial charge in [-0.15, -0.1) is 0 Å². The van der Waals surface area contributed by atoms with E-state index in [1.165, 1.54) is 24.0 Å². The standard InChI is InChI=1S/C13H19NO/c1-10-5-6-11(9-12(10)15-3)13(2)7-4-8-14-13/h5-6,9,14H,4,7-8H2,1-3H3. The van der Waals surface area contributed by atoms with Gasteiger partial charge in [-0.05, 0) is 50.4 Å². The first-order valence-corrected chi connectivity index (χ1v) is 5.56. The van der Waals surface area contributed by atoms with Crippen molar-refractivity contribution in [1.29, 1.82) is 0 Å². The highest BCUT2D eigenvalue weighted by Gasteiger charge is 2.30. The molecule has 1 aromatic carbocycles. The molecule has 0 radical (unpaired) electrons. The lowest BCUT2D eigenvalue weighted by Gasteiger charge is -2.25. The summed E-state index contributed by atoms with van der Waals surface area (Å²) >= 11 is 0. The van der Waals surface area contributed by atoms with Crippen LogP contribution in [0.3, 0.4) is 0 Å². The van der Waals surface area contributed by atoms with Crippen molar-refractivity contribution in [3.05, 3.63) is 29.3 Å². The predicted molar refractivity (Wildman–Crippen MR) is 62.3 cm³/mol. The van der Waals surface area contributed by atoms with Crippen LogP contribution in [0.15, 0.2) is 18.2 Å². The molecule has 82 valence electrons. The average molecular weight is 205 g/mol. The van der Waals surface area contributed by atoms with Crippen molar-refractivity contribution in [3.63, 3.8) is 0 Å². The van der Waals surface area contributed by atoms with Gasteiger partial charge in [-0.25, -0.2) is 0 Å². The second kappa shape index (κ2) is 3.86. The molecule has 2 nitrogen and oxygen atoms in total. The van der Waals surface area contributed by atoms with E-state index in [-0.39, 0.29) is 5.54 Å². The van der Waals surface area contributed by atoms with Gasteiger partial charge in [0, 0.05) is 5.54 Å². The van der Waals surface area contributed by atoms with Crippen LogP contribution in [0.4, 0.5) is 0 Å². The Labute approximate surface area is 91.6 Å². The molecule has 0 bridgehead atoms. The van der Waals surface area contributed by atoms with Gasteiger partial charge in [0.1, 0.15) is 5.75 Å². The summed E-state index contributed by atoms with van der Waals surface area (Å²) in [6.45, 7) is 5.46. The zero-order valence-electron chi connectivity index (χ0n) is 9.76. The average Bonchev–Trinajstić information content (AvgIpc) is 2.67. The molecule has 0 saturated carbocycles. The molecule has 1 fully saturated rings. The molecule has 2 heteroatoms. The molecule has 1 heterocycles. The van der Waals surface area contributed by atoms with Gasteiger partial charge in [0.15, 0.2) is 0 Å². The van der Waals surface area contributed by atoms with Crippen molar-refractivity contribution in [3.8, 4) is 5.75 Å². The molecule has 1 unspecified atom stereocenters. The Balaban J connectivity index is 2.36. The molecule has 2 rings (SSSR count). The number of hydrogen-bond donors (Lipinski definition) is 1. The highest BCUT2D eigenvalue weighted by atomic mass is 16.5. The second-order valence-electron chi connectivity index (χ2n) is 4.55. The molecular formula is C13H19NO. The lowest BCUT2D eigenvalue weighted by molar-refractivity contribution is 0.401. The van der Waals surface area contributed by atoms with Gasteiger partial charge in [0.25, 0.3) is 0 Å². The van der Waals surface area contributed by atoms with E-state index in [1.807, 2.05) is 0 Å². The number of ether oxygens (including phenoxy) is 1. The lowest BCUT2D eigenvalue weighted by atomic mass is 9.90. The maximum absolute atomic E-state index is 5.36. The minimum atomic E-state index is 0.140. The minimum Gasteiger partial charge on any atom is -0.496 e. The van der Waals surface area contributed by atoms with E-state index in [4.69, 9.17) is 4.74 Å². The fourth-order valence-electron chi connectivity index (χ4n) is 2.30. The van der Waals surface area contributed by atoms with Crippen LogP contribution in [-0.4, -0.2) is 13.7 Å². The molecule has 1 saturated heterocycles. The Morgan fingerprint density at radius 3 is 2.80 bits per heavy atom. The fraction of sp³-hybridized carbons (Fsp3) is 0.538. The number of aryl methyl sites for hydroxylation is 1. The molecule has 1 aromatic rings. The fourth-order valence-corrected chi connectivity index (χ4v) is 2.30. The molecule has 1 atom stereocenters. The third-order valence-corrected chi connectivity index (χ3v) is 3.41. The predicted octanol–water partition coefficient (Wildman–Crippen LogP) is 2.60. The highest BCUT2D eigenvalue weighted by molar-refractivity contribution is 5.39. The van der Waals surface area contributed by atoms with Gasteiger partial charge in [0.05, 0.1) is 7.11 Å². The topological polar surface area (TPSA) is 21.3 Å². The Morgan fingerprint density at radius 1 is 1.40 bits per heavy atom. The molecule has 1 aliphatic heterocycles. The highest BCUT2D eigenvalue weighted by Crippen LogP contribution is 2.33. The third-order valence-electron chi connectivity index (χ3n) is 3.41. The van der Waals surface area contributed by atoms with Gasteiger partial charge in [-0.1, -0.05) is 12.1 Å². The summed E-state index contributed by atoms with van der Waals surface area (Å²) in [6, 6.07) is 6.50. The minimum absolute atomic E-state index is 0.140. The zero-order chi connectivity index (χ0) is 10.9. The maximum atomic E-state index is 5.36. The van der Waals surface area contributed by atoms with Crippen LogP contribution in [-0.2, 0) is 5.54 Å². The monoisotopic (exact) mass is 205 g/mol. The summed E-state index contributed by atoms with van der Waals surface area (Å²) in [6.07, 6.45) is 2.46. The summed E-state index contributed by atoms with van der Waals surface area (Å²) in [5.41, 5.74) is 2.67. The van der Waals surface area contributed by atoms with Gasteiger partial charge < -0.3 is 10.1 Å². The second-order valence-corrected chi connectivity index (χ2v) is 4.55. The van der Waals surface area contributed by atoms with E-state index in [0.29, 0.717) is 0 Å². The van der Waals surface area contributed by atoms with Crippen LogP contribution in [0.1, 0.15) is 30.9 Å². The third kappa shape index (κ3) is 1.86. The largest absolute Gasteiger partial charge is 0.496 e. The first-order chi connectivity index (χ1) is 7.15. The summed E-state index contributed by atoms with van der Waals surface area (Å²) in [5.74, 6) is 0.988. The Hall–Kier alpha value is -1.02. The van der Waals surface area contributed by atoms with Crippen molar-refractivity contribution in [2.24, 2.45) is 0 Å². The van der Waals surface area contributed by atoms with Crippen molar-refractivity contribution in [2.45, 2.75) is 32.2 Å². The number of hydrogen-bond acceptors (Lipinski definition) is 2. The van der Waals surface area contributed by atoms with E-state index < -0.39 is 0 Å². The molecule has 15 heavy (non-hydrogen) atoms. The zero-order valence-corrected chi connectivity index (χ0v) is 9.76. The van der Waals surface area contributed by atoms with Crippen molar-refractivity contribution >= 4 is 0 Å². The van der Waals surface area contributed by atoms with Crippen LogP contribution in [0.5, 0.6) is 5.75 Å². The van der Waals surface area contributed by atoms with Gasteiger partial charge in [0.2, 0.25) is 0 Å². The summed E-state index contributed by atoms with van der Waals surface area (Å²) in [4.78, 5) is 0. The molecule has 0 aromatic heterocycles. The Morgan fingerprint density at radius 2 is 2.20 bits per heavy atom. The van der Waals surface area contributed by atoms with E-state index >= 15 is 0 Å². The summed E-state index contributed by atoms with van der Waals surface area (Å²) < 4.78 is 5.36. The van der Waals surface area contributed by atoms with Crippen LogP contribution in [0, 0.1) is 6.92 Å². The van der Waals surface area contributed by atoms with Gasteiger partial charge in [-0.3, -0.25) is 0 Å². The van der Waals surface area contributed by atoms with Crippen LogP contribution >= 0.6 is 0 Å². The van der Waals surface area contributed by atoms with E-state index in [2.05, 4.69) is 37.4 Å². The first-order valence-electron chi connectivity index (χ1n) is 5.56. The van der Waals surface area contributed by atoms with E-state index in [9.17, 15) is 0 Å². The molecule has 0 spiro atoms. The van der Waals surface area contributed by atoms with E-state index in [0.717, 1.165) is 12.3 Å². The normalized spacial score (nSPS) is 25.5. The van der Waals surface area contributed by atoms with Crippen molar-refractivity contribution in [2.75, 3.05) is 13.7 Å². The Kier molecular flexibility index (Phi) is 2.70. The summed E-state index contributed by atoms with van der Waals surface area (Å²) in [7, 11) is 1.73. The smallest absolute Gasteiger partial charge is 0.122 e. The maximum Gasteiger partial charge on any atom is 0.122 e. The first kappa shape index (κ1) is 10.5. The van der Waals surface area contributed by atoms with Crippen LogP contribution in [0.2, 0.25) is 0 Å². The molecule has 1 N–H and O–H groups in total.